The van der Waals surface area contributed by atoms with Crippen LogP contribution in [0.25, 0.3) is 22.4 Å². The van der Waals surface area contributed by atoms with Gasteiger partial charge in [-0.3, -0.25) is 0 Å². The quantitative estimate of drug-likeness (QED) is 0.781. The molecule has 0 atom stereocenters. The minimum Gasteiger partial charge on any atom is -0.478 e. The van der Waals surface area contributed by atoms with Crippen molar-refractivity contribution in [2.75, 3.05) is 0 Å². The van der Waals surface area contributed by atoms with Gasteiger partial charge in [0, 0.05) is 12.6 Å². The summed E-state index contributed by atoms with van der Waals surface area (Å²) in [6, 6.07) is 11.3. The lowest BCUT2D eigenvalue weighted by Gasteiger charge is -2.07. The Morgan fingerprint density at radius 3 is 2.57 bits per heavy atom. The fourth-order valence-electron chi connectivity index (χ4n) is 2.64. The number of rotatable bonds is 2. The van der Waals surface area contributed by atoms with E-state index >= 15 is 0 Å². The maximum atomic E-state index is 11.1. The number of carboxylic acid groups (broad SMARTS) is 1. The van der Waals surface area contributed by atoms with Gasteiger partial charge in [0.05, 0.1) is 16.6 Å². The number of fused-ring (bicyclic) bond motifs is 1. The molecule has 4 nitrogen and oxygen atoms in total. The molecule has 0 amide bonds. The summed E-state index contributed by atoms with van der Waals surface area (Å²) in [6.45, 7) is 4.12. The first-order valence-electron chi connectivity index (χ1n) is 6.75. The molecule has 0 bridgehead atoms. The van der Waals surface area contributed by atoms with E-state index in [0.717, 1.165) is 22.5 Å². The molecule has 4 heteroatoms. The van der Waals surface area contributed by atoms with E-state index in [9.17, 15) is 4.79 Å². The number of carbonyl (C=O) groups is 1. The summed E-state index contributed by atoms with van der Waals surface area (Å²) >= 11 is 0. The van der Waals surface area contributed by atoms with Crippen molar-refractivity contribution in [3.63, 3.8) is 0 Å². The molecule has 1 N–H and O–H groups in total. The van der Waals surface area contributed by atoms with Crippen molar-refractivity contribution < 1.29 is 9.90 Å². The molecule has 1 heterocycles. The molecule has 0 radical (unpaired) electrons. The van der Waals surface area contributed by atoms with Crippen LogP contribution in [0.4, 0.5) is 0 Å². The van der Waals surface area contributed by atoms with Crippen molar-refractivity contribution >= 4 is 17.0 Å². The molecule has 3 rings (SSSR count). The van der Waals surface area contributed by atoms with Gasteiger partial charge in [-0.2, -0.15) is 0 Å². The lowest BCUT2D eigenvalue weighted by Crippen LogP contribution is -1.96. The van der Waals surface area contributed by atoms with Crippen molar-refractivity contribution in [3.05, 3.63) is 53.1 Å². The number of imidazole rings is 1. The zero-order valence-electron chi connectivity index (χ0n) is 12.2. The zero-order chi connectivity index (χ0) is 15.1. The second-order valence-corrected chi connectivity index (χ2v) is 5.32. The predicted molar refractivity (Wildman–Crippen MR) is 82.6 cm³/mol. The fourth-order valence-corrected chi connectivity index (χ4v) is 2.64. The lowest BCUT2D eigenvalue weighted by molar-refractivity contribution is 0.0697. The number of aryl methyl sites for hydroxylation is 3. The fraction of sp³-hybridized carbons (Fsp3) is 0.176. The van der Waals surface area contributed by atoms with Crippen molar-refractivity contribution in [2.45, 2.75) is 13.8 Å². The molecule has 0 spiro atoms. The highest BCUT2D eigenvalue weighted by molar-refractivity contribution is 5.93. The Morgan fingerprint density at radius 2 is 1.90 bits per heavy atom. The van der Waals surface area contributed by atoms with Gasteiger partial charge in [-0.05, 0) is 37.6 Å². The van der Waals surface area contributed by atoms with E-state index < -0.39 is 5.97 Å². The molecule has 0 saturated heterocycles. The average Bonchev–Trinajstić information content (AvgIpc) is 2.75. The number of aromatic carboxylic acids is 1. The van der Waals surface area contributed by atoms with Crippen LogP contribution >= 0.6 is 0 Å². The number of hydrogen-bond acceptors (Lipinski definition) is 2. The van der Waals surface area contributed by atoms with Crippen LogP contribution in [0.3, 0.4) is 0 Å². The predicted octanol–water partition coefficient (Wildman–Crippen LogP) is 3.56. The van der Waals surface area contributed by atoms with Crippen molar-refractivity contribution in [1.82, 2.24) is 9.55 Å². The SMILES string of the molecule is Cc1ccc(-c2nc3cc(C(=O)O)ccc3n2C)c(C)c1. The number of benzene rings is 2. The molecule has 1 aromatic heterocycles. The van der Waals surface area contributed by atoms with E-state index in [2.05, 4.69) is 37.0 Å². The highest BCUT2D eigenvalue weighted by Gasteiger charge is 2.13. The van der Waals surface area contributed by atoms with Crippen molar-refractivity contribution in [1.29, 1.82) is 0 Å². The topological polar surface area (TPSA) is 55.1 Å². The monoisotopic (exact) mass is 280 g/mol. The highest BCUT2D eigenvalue weighted by atomic mass is 16.4. The van der Waals surface area contributed by atoms with Gasteiger partial charge >= 0.3 is 5.97 Å². The second-order valence-electron chi connectivity index (χ2n) is 5.32. The van der Waals surface area contributed by atoms with Crippen LogP contribution in [0, 0.1) is 13.8 Å². The standard InChI is InChI=1S/C17H16N2O2/c1-10-4-6-13(11(2)8-10)16-18-14-9-12(17(20)21)5-7-15(14)19(16)3/h4-9H,1-3H3,(H,20,21). The Labute approximate surface area is 122 Å². The first kappa shape index (κ1) is 13.4. The molecule has 0 aliphatic heterocycles. The van der Waals surface area contributed by atoms with Crippen LogP contribution in [-0.2, 0) is 7.05 Å². The Morgan fingerprint density at radius 1 is 1.14 bits per heavy atom. The summed E-state index contributed by atoms with van der Waals surface area (Å²) in [7, 11) is 1.95. The van der Waals surface area contributed by atoms with Crippen molar-refractivity contribution in [3.8, 4) is 11.4 Å². The Hall–Kier alpha value is -2.62. The van der Waals surface area contributed by atoms with Gasteiger partial charge in [0.1, 0.15) is 5.82 Å². The van der Waals surface area contributed by atoms with E-state index in [1.165, 1.54) is 5.56 Å². The highest BCUT2D eigenvalue weighted by Crippen LogP contribution is 2.27. The molecule has 0 aliphatic rings. The summed E-state index contributed by atoms with van der Waals surface area (Å²) < 4.78 is 2.00. The van der Waals surface area contributed by atoms with E-state index in [0.29, 0.717) is 5.52 Å². The van der Waals surface area contributed by atoms with Gasteiger partial charge in [0.25, 0.3) is 0 Å². The lowest BCUT2D eigenvalue weighted by atomic mass is 10.1. The maximum absolute atomic E-state index is 11.1. The summed E-state index contributed by atoms with van der Waals surface area (Å²) in [6.07, 6.45) is 0. The van der Waals surface area contributed by atoms with Gasteiger partial charge in [-0.25, -0.2) is 9.78 Å². The molecule has 2 aromatic carbocycles. The summed E-state index contributed by atoms with van der Waals surface area (Å²) in [4.78, 5) is 15.7. The minimum atomic E-state index is -0.935. The van der Waals surface area contributed by atoms with Crippen LogP contribution in [0.5, 0.6) is 0 Å². The molecule has 0 saturated carbocycles. The summed E-state index contributed by atoms with van der Waals surface area (Å²) in [5.74, 6) is -0.0827. The molecular weight excluding hydrogens is 264 g/mol. The Balaban J connectivity index is 2.23. The first-order valence-corrected chi connectivity index (χ1v) is 6.75. The Kier molecular flexibility index (Phi) is 3.01. The molecule has 106 valence electrons. The minimum absolute atomic E-state index is 0.257. The average molecular weight is 280 g/mol. The zero-order valence-corrected chi connectivity index (χ0v) is 12.2. The molecule has 0 fully saturated rings. The van der Waals surface area contributed by atoms with Crippen LogP contribution < -0.4 is 0 Å². The molecular formula is C17H16N2O2. The van der Waals surface area contributed by atoms with Gasteiger partial charge < -0.3 is 9.67 Å². The number of carboxylic acids is 1. The third-order valence-corrected chi connectivity index (χ3v) is 3.75. The molecule has 0 aliphatic carbocycles. The third kappa shape index (κ3) is 2.18. The number of hydrogen-bond donors (Lipinski definition) is 1. The van der Waals surface area contributed by atoms with Gasteiger partial charge in [0.2, 0.25) is 0 Å². The Bertz CT molecular complexity index is 863. The summed E-state index contributed by atoms with van der Waals surface area (Å²) in [5, 5.41) is 9.08. The summed E-state index contributed by atoms with van der Waals surface area (Å²) in [5.41, 5.74) is 5.32. The van der Waals surface area contributed by atoms with E-state index in [1.807, 2.05) is 11.6 Å². The van der Waals surface area contributed by atoms with Gasteiger partial charge in [0.15, 0.2) is 0 Å². The largest absolute Gasteiger partial charge is 0.478 e. The number of aromatic nitrogens is 2. The van der Waals surface area contributed by atoms with Gasteiger partial charge in [-0.15, -0.1) is 0 Å². The maximum Gasteiger partial charge on any atom is 0.335 e. The molecule has 21 heavy (non-hydrogen) atoms. The van der Waals surface area contributed by atoms with Crippen LogP contribution in [0.15, 0.2) is 36.4 Å². The van der Waals surface area contributed by atoms with E-state index in [1.54, 1.807) is 18.2 Å². The normalized spacial score (nSPS) is 11.0. The van der Waals surface area contributed by atoms with Crippen LogP contribution in [0.1, 0.15) is 21.5 Å². The van der Waals surface area contributed by atoms with Crippen LogP contribution in [-0.4, -0.2) is 20.6 Å². The third-order valence-electron chi connectivity index (χ3n) is 3.75. The number of nitrogens with zero attached hydrogens (tertiary/aromatic N) is 2. The first-order chi connectivity index (χ1) is 9.97. The molecule has 3 aromatic rings. The smallest absolute Gasteiger partial charge is 0.335 e. The van der Waals surface area contributed by atoms with Gasteiger partial charge in [-0.1, -0.05) is 23.8 Å². The second kappa shape index (κ2) is 4.74. The van der Waals surface area contributed by atoms with Crippen LogP contribution in [0.2, 0.25) is 0 Å². The van der Waals surface area contributed by atoms with E-state index in [-0.39, 0.29) is 5.56 Å². The van der Waals surface area contributed by atoms with E-state index in [4.69, 9.17) is 5.11 Å². The van der Waals surface area contributed by atoms with Crippen molar-refractivity contribution in [2.24, 2.45) is 7.05 Å². The molecule has 0 unspecified atom stereocenters.